The highest BCUT2D eigenvalue weighted by Crippen LogP contribution is 2.22. The lowest BCUT2D eigenvalue weighted by Crippen LogP contribution is -2.50. The van der Waals surface area contributed by atoms with Gasteiger partial charge in [-0.3, -0.25) is 4.79 Å². The molecular weight excluding hydrogens is 186 g/mol. The second kappa shape index (κ2) is 3.79. The van der Waals surface area contributed by atoms with E-state index in [4.69, 9.17) is 5.11 Å². The number of hydrogen-bond donors (Lipinski definition) is 2. The van der Waals surface area contributed by atoms with Gasteiger partial charge in [-0.1, -0.05) is 6.58 Å². The van der Waals surface area contributed by atoms with Crippen molar-refractivity contribution in [1.29, 1.82) is 0 Å². The molecule has 78 valence electrons. The van der Waals surface area contributed by atoms with Gasteiger partial charge in [-0.2, -0.15) is 0 Å². The third-order valence-corrected chi connectivity index (χ3v) is 2.47. The molecule has 1 heterocycles. The summed E-state index contributed by atoms with van der Waals surface area (Å²) in [5.41, 5.74) is -1.67. The van der Waals surface area contributed by atoms with Crippen molar-refractivity contribution in [3.05, 3.63) is 12.7 Å². The van der Waals surface area contributed by atoms with E-state index in [1.807, 2.05) is 0 Å². The number of piperidine rings is 1. The van der Waals surface area contributed by atoms with Crippen LogP contribution in [0.1, 0.15) is 12.8 Å². The number of aliphatic hydroxyl groups is 1. The van der Waals surface area contributed by atoms with Crippen molar-refractivity contribution in [2.24, 2.45) is 0 Å². The van der Waals surface area contributed by atoms with E-state index in [1.165, 1.54) is 11.0 Å². The van der Waals surface area contributed by atoms with Gasteiger partial charge >= 0.3 is 5.97 Å². The van der Waals surface area contributed by atoms with Crippen molar-refractivity contribution in [2.75, 3.05) is 13.1 Å². The number of nitrogens with zero attached hydrogens (tertiary/aromatic N) is 1. The molecule has 0 radical (unpaired) electrons. The fraction of sp³-hybridized carbons (Fsp3) is 0.556. The van der Waals surface area contributed by atoms with Crippen LogP contribution < -0.4 is 0 Å². The minimum Gasteiger partial charge on any atom is -0.479 e. The maximum atomic E-state index is 11.1. The number of carbonyl (C=O) groups excluding carboxylic acids is 1. The van der Waals surface area contributed by atoms with Crippen LogP contribution in [0.2, 0.25) is 0 Å². The van der Waals surface area contributed by atoms with E-state index < -0.39 is 11.6 Å². The summed E-state index contributed by atoms with van der Waals surface area (Å²) in [7, 11) is 0. The molecule has 0 aromatic rings. The lowest BCUT2D eigenvalue weighted by molar-refractivity contribution is -0.164. The Balaban J connectivity index is 2.58. The maximum absolute atomic E-state index is 11.1. The Hall–Kier alpha value is -1.36. The highest BCUT2D eigenvalue weighted by molar-refractivity contribution is 5.87. The molecule has 1 aliphatic heterocycles. The minimum absolute atomic E-state index is 0.0713. The fourth-order valence-electron chi connectivity index (χ4n) is 1.44. The van der Waals surface area contributed by atoms with Gasteiger partial charge in [0.2, 0.25) is 5.91 Å². The first-order valence-electron chi connectivity index (χ1n) is 4.37. The largest absolute Gasteiger partial charge is 0.479 e. The van der Waals surface area contributed by atoms with E-state index in [0.29, 0.717) is 0 Å². The number of carboxylic acids is 1. The number of carboxylic acid groups (broad SMARTS) is 1. The van der Waals surface area contributed by atoms with Crippen LogP contribution in [0.3, 0.4) is 0 Å². The van der Waals surface area contributed by atoms with Gasteiger partial charge < -0.3 is 15.1 Å². The maximum Gasteiger partial charge on any atom is 0.335 e. The van der Waals surface area contributed by atoms with Crippen molar-refractivity contribution in [3.8, 4) is 0 Å². The van der Waals surface area contributed by atoms with Crippen molar-refractivity contribution >= 4 is 11.9 Å². The number of rotatable bonds is 2. The average molecular weight is 199 g/mol. The van der Waals surface area contributed by atoms with E-state index in [-0.39, 0.29) is 31.8 Å². The quantitative estimate of drug-likeness (QED) is 0.594. The van der Waals surface area contributed by atoms with Crippen LogP contribution in [0.5, 0.6) is 0 Å². The third kappa shape index (κ3) is 1.93. The molecule has 1 amide bonds. The van der Waals surface area contributed by atoms with Crippen LogP contribution in [0.4, 0.5) is 0 Å². The van der Waals surface area contributed by atoms with E-state index in [1.54, 1.807) is 0 Å². The molecule has 1 fully saturated rings. The molecular formula is C9H13NO4. The Morgan fingerprint density at radius 2 is 1.86 bits per heavy atom. The van der Waals surface area contributed by atoms with Gasteiger partial charge in [0, 0.05) is 25.9 Å². The number of carbonyl (C=O) groups is 2. The Morgan fingerprint density at radius 3 is 2.21 bits per heavy atom. The van der Waals surface area contributed by atoms with E-state index >= 15 is 0 Å². The van der Waals surface area contributed by atoms with E-state index in [2.05, 4.69) is 6.58 Å². The summed E-state index contributed by atoms with van der Waals surface area (Å²) in [4.78, 5) is 23.3. The zero-order valence-electron chi connectivity index (χ0n) is 7.77. The van der Waals surface area contributed by atoms with Crippen molar-refractivity contribution < 1.29 is 19.8 Å². The summed E-state index contributed by atoms with van der Waals surface area (Å²) < 4.78 is 0. The van der Waals surface area contributed by atoms with Crippen LogP contribution in [0.25, 0.3) is 0 Å². The van der Waals surface area contributed by atoms with Crippen molar-refractivity contribution in [1.82, 2.24) is 4.90 Å². The fourth-order valence-corrected chi connectivity index (χ4v) is 1.44. The molecule has 0 bridgehead atoms. The van der Waals surface area contributed by atoms with Crippen LogP contribution in [0, 0.1) is 0 Å². The first kappa shape index (κ1) is 10.7. The van der Waals surface area contributed by atoms with Gasteiger partial charge in [-0.15, -0.1) is 0 Å². The standard InChI is InChI=1S/C9H13NO4/c1-2-7(11)10-5-3-9(14,4-6-10)8(12)13/h2,14H,1,3-6H2,(H,12,13). The zero-order valence-corrected chi connectivity index (χ0v) is 7.77. The van der Waals surface area contributed by atoms with Crippen molar-refractivity contribution in [3.63, 3.8) is 0 Å². The van der Waals surface area contributed by atoms with Crippen molar-refractivity contribution in [2.45, 2.75) is 18.4 Å². The van der Waals surface area contributed by atoms with Gasteiger partial charge in [0.05, 0.1) is 0 Å². The van der Waals surface area contributed by atoms with Gasteiger partial charge in [-0.05, 0) is 6.08 Å². The van der Waals surface area contributed by atoms with E-state index in [0.717, 1.165) is 0 Å². The van der Waals surface area contributed by atoms with Crippen LogP contribution in [-0.2, 0) is 9.59 Å². The third-order valence-electron chi connectivity index (χ3n) is 2.47. The van der Waals surface area contributed by atoms with E-state index in [9.17, 15) is 14.7 Å². The molecule has 0 aliphatic carbocycles. The molecule has 0 unspecified atom stereocenters. The van der Waals surface area contributed by atoms with Crippen LogP contribution in [-0.4, -0.2) is 45.7 Å². The Morgan fingerprint density at radius 1 is 1.36 bits per heavy atom. The number of hydrogen-bond acceptors (Lipinski definition) is 3. The Kier molecular flexibility index (Phi) is 2.90. The lowest BCUT2D eigenvalue weighted by atomic mass is 9.91. The number of aliphatic carboxylic acids is 1. The highest BCUT2D eigenvalue weighted by Gasteiger charge is 2.39. The molecule has 5 heteroatoms. The van der Waals surface area contributed by atoms with Crippen LogP contribution >= 0.6 is 0 Å². The van der Waals surface area contributed by atoms with Gasteiger partial charge in [0.25, 0.3) is 0 Å². The second-order valence-corrected chi connectivity index (χ2v) is 3.37. The van der Waals surface area contributed by atoms with Gasteiger partial charge in [0.1, 0.15) is 0 Å². The molecule has 0 saturated carbocycles. The number of amides is 1. The molecule has 0 atom stereocenters. The second-order valence-electron chi connectivity index (χ2n) is 3.37. The molecule has 0 aromatic heterocycles. The molecule has 5 nitrogen and oxygen atoms in total. The molecule has 2 N–H and O–H groups in total. The first-order valence-corrected chi connectivity index (χ1v) is 4.37. The normalized spacial score (nSPS) is 20.2. The molecule has 1 aliphatic rings. The topological polar surface area (TPSA) is 77.8 Å². The summed E-state index contributed by atoms with van der Waals surface area (Å²) in [6.45, 7) is 3.85. The summed E-state index contributed by atoms with van der Waals surface area (Å²) in [5, 5.41) is 18.3. The predicted octanol–water partition coefficient (Wildman–Crippen LogP) is -0.390. The summed E-state index contributed by atoms with van der Waals surface area (Å²) >= 11 is 0. The monoisotopic (exact) mass is 199 g/mol. The Labute approximate surface area is 81.6 Å². The van der Waals surface area contributed by atoms with Crippen LogP contribution in [0.15, 0.2) is 12.7 Å². The highest BCUT2D eigenvalue weighted by atomic mass is 16.4. The molecule has 0 spiro atoms. The summed E-state index contributed by atoms with van der Waals surface area (Å²) in [5.74, 6) is -1.44. The van der Waals surface area contributed by atoms with Gasteiger partial charge in [-0.25, -0.2) is 4.79 Å². The van der Waals surface area contributed by atoms with Gasteiger partial charge in [0.15, 0.2) is 5.60 Å². The smallest absolute Gasteiger partial charge is 0.335 e. The summed E-state index contributed by atoms with van der Waals surface area (Å²) in [6, 6.07) is 0. The SMILES string of the molecule is C=CC(=O)N1CCC(O)(C(=O)O)CC1. The molecule has 0 aromatic carbocycles. The predicted molar refractivity (Wildman–Crippen MR) is 48.6 cm³/mol. The first-order chi connectivity index (χ1) is 6.49. The Bertz CT molecular complexity index is 266. The zero-order chi connectivity index (χ0) is 10.8. The number of likely N-dealkylation sites (tertiary alicyclic amines) is 1. The molecule has 14 heavy (non-hydrogen) atoms. The minimum atomic E-state index is -1.67. The molecule has 1 saturated heterocycles. The summed E-state index contributed by atoms with van der Waals surface area (Å²) in [6.07, 6.45) is 1.33. The average Bonchev–Trinajstić information content (AvgIpc) is 2.17. The molecule has 1 rings (SSSR count). The lowest BCUT2D eigenvalue weighted by Gasteiger charge is -2.34.